The van der Waals surface area contributed by atoms with Gasteiger partial charge < -0.3 is 15.3 Å². The topological polar surface area (TPSA) is 89.9 Å². The summed E-state index contributed by atoms with van der Waals surface area (Å²) in [6.07, 6.45) is 0.440. The molecule has 3 rings (SSSR count). The van der Waals surface area contributed by atoms with Crippen molar-refractivity contribution in [2.24, 2.45) is 0 Å². The summed E-state index contributed by atoms with van der Waals surface area (Å²) in [5.41, 5.74) is 1.07. The second kappa shape index (κ2) is 8.51. The normalized spacial score (nSPS) is 13.3. The molecule has 7 nitrogen and oxygen atoms in total. The molecule has 0 saturated carbocycles. The number of aliphatic carboxylic acids is 1. The third-order valence-electron chi connectivity index (χ3n) is 4.48. The molecule has 28 heavy (non-hydrogen) atoms. The number of carboxylic acid groups (broad SMARTS) is 1. The van der Waals surface area contributed by atoms with Crippen LogP contribution in [0.2, 0.25) is 0 Å². The lowest BCUT2D eigenvalue weighted by atomic mass is 10.1. The average Bonchev–Trinajstić information content (AvgIpc) is 3.11. The summed E-state index contributed by atoms with van der Waals surface area (Å²) in [5, 5.41) is 11.8. The van der Waals surface area contributed by atoms with Crippen molar-refractivity contribution in [1.82, 2.24) is 10.2 Å². The van der Waals surface area contributed by atoms with Crippen LogP contribution in [0.3, 0.4) is 0 Å². The monoisotopic (exact) mass is 385 g/mol. The van der Waals surface area contributed by atoms with Crippen LogP contribution in [0.1, 0.15) is 15.9 Å². The maximum atomic E-state index is 14.4. The Bertz CT molecular complexity index is 888. The highest BCUT2D eigenvalue weighted by atomic mass is 19.1. The minimum Gasteiger partial charge on any atom is -0.480 e. The number of hydrogen-bond acceptors (Lipinski definition) is 3. The lowest BCUT2D eigenvalue weighted by Crippen LogP contribution is -2.38. The number of amides is 3. The van der Waals surface area contributed by atoms with Crippen molar-refractivity contribution >= 4 is 23.6 Å². The van der Waals surface area contributed by atoms with E-state index in [0.29, 0.717) is 25.2 Å². The van der Waals surface area contributed by atoms with Gasteiger partial charge in [-0.25, -0.2) is 9.18 Å². The van der Waals surface area contributed by atoms with E-state index in [2.05, 4.69) is 5.32 Å². The van der Waals surface area contributed by atoms with Crippen molar-refractivity contribution in [3.05, 3.63) is 65.5 Å². The van der Waals surface area contributed by atoms with Gasteiger partial charge in [0.15, 0.2) is 0 Å². The molecule has 0 aromatic heterocycles. The van der Waals surface area contributed by atoms with E-state index >= 15 is 0 Å². The average molecular weight is 385 g/mol. The van der Waals surface area contributed by atoms with E-state index in [0.717, 1.165) is 16.5 Å². The second-order valence-corrected chi connectivity index (χ2v) is 6.40. The van der Waals surface area contributed by atoms with Gasteiger partial charge in [-0.1, -0.05) is 30.3 Å². The van der Waals surface area contributed by atoms with Crippen molar-refractivity contribution in [3.63, 3.8) is 0 Å². The van der Waals surface area contributed by atoms with E-state index < -0.39 is 24.2 Å². The first-order valence-corrected chi connectivity index (χ1v) is 8.85. The number of hydrogen-bond donors (Lipinski definition) is 2. The molecule has 2 N–H and O–H groups in total. The maximum Gasteiger partial charge on any atom is 0.323 e. The fourth-order valence-corrected chi connectivity index (χ4v) is 3.06. The molecule has 0 bridgehead atoms. The number of halogens is 1. The van der Waals surface area contributed by atoms with Crippen LogP contribution in [0.5, 0.6) is 0 Å². The van der Waals surface area contributed by atoms with Crippen molar-refractivity contribution in [2.45, 2.75) is 6.42 Å². The highest BCUT2D eigenvalue weighted by Gasteiger charge is 2.26. The number of anilines is 1. The molecule has 1 aliphatic rings. The molecule has 146 valence electrons. The Hall–Kier alpha value is -3.42. The lowest BCUT2D eigenvalue weighted by Gasteiger charge is -2.22. The molecule has 1 saturated heterocycles. The number of carboxylic acids is 1. The van der Waals surface area contributed by atoms with Crippen LogP contribution in [0.15, 0.2) is 48.5 Å². The Labute approximate surface area is 161 Å². The largest absolute Gasteiger partial charge is 0.480 e. The summed E-state index contributed by atoms with van der Waals surface area (Å²) >= 11 is 0. The van der Waals surface area contributed by atoms with E-state index in [1.54, 1.807) is 0 Å². The number of rotatable bonds is 7. The van der Waals surface area contributed by atoms with E-state index in [1.165, 1.54) is 17.0 Å². The molecule has 8 heteroatoms. The van der Waals surface area contributed by atoms with Gasteiger partial charge in [-0.2, -0.15) is 0 Å². The summed E-state index contributed by atoms with van der Waals surface area (Å²) in [6, 6.07) is 12.8. The Morgan fingerprint density at radius 2 is 1.93 bits per heavy atom. The maximum absolute atomic E-state index is 14.4. The van der Waals surface area contributed by atoms with Crippen molar-refractivity contribution < 1.29 is 23.9 Å². The smallest absolute Gasteiger partial charge is 0.323 e. The zero-order valence-electron chi connectivity index (χ0n) is 15.1. The van der Waals surface area contributed by atoms with Gasteiger partial charge >= 0.3 is 12.0 Å². The zero-order valence-corrected chi connectivity index (χ0v) is 15.1. The quantitative estimate of drug-likeness (QED) is 0.764. The number of nitrogens with one attached hydrogen (secondary N) is 1. The number of urea groups is 1. The Kier molecular flexibility index (Phi) is 5.88. The van der Waals surface area contributed by atoms with Gasteiger partial charge in [-0.3, -0.25) is 14.5 Å². The van der Waals surface area contributed by atoms with Crippen LogP contribution in [-0.2, 0) is 11.2 Å². The molecule has 0 spiro atoms. The molecule has 0 radical (unpaired) electrons. The van der Waals surface area contributed by atoms with Gasteiger partial charge in [0.05, 0.1) is 5.56 Å². The highest BCUT2D eigenvalue weighted by Crippen LogP contribution is 2.22. The van der Waals surface area contributed by atoms with Crippen LogP contribution >= 0.6 is 0 Å². The summed E-state index contributed by atoms with van der Waals surface area (Å²) in [7, 11) is 0. The third kappa shape index (κ3) is 4.46. The minimum absolute atomic E-state index is 0.128. The Morgan fingerprint density at radius 3 is 2.57 bits per heavy atom. The molecule has 1 heterocycles. The summed E-state index contributed by atoms with van der Waals surface area (Å²) < 4.78 is 14.4. The molecule has 3 amide bonds. The first-order valence-electron chi connectivity index (χ1n) is 8.85. The van der Waals surface area contributed by atoms with E-state index in [4.69, 9.17) is 5.11 Å². The molecule has 2 aromatic rings. The number of benzene rings is 2. The van der Waals surface area contributed by atoms with Gasteiger partial charge in [-0.05, 0) is 30.2 Å². The zero-order chi connectivity index (χ0) is 20.1. The molecule has 1 aliphatic heterocycles. The van der Waals surface area contributed by atoms with Crippen molar-refractivity contribution in [3.8, 4) is 0 Å². The van der Waals surface area contributed by atoms with Crippen LogP contribution in [0, 0.1) is 5.82 Å². The summed E-state index contributed by atoms with van der Waals surface area (Å²) in [5.74, 6) is -2.67. The number of nitrogens with zero attached hydrogens (tertiary/aromatic N) is 2. The van der Waals surface area contributed by atoms with Crippen LogP contribution in [0.4, 0.5) is 14.9 Å². The van der Waals surface area contributed by atoms with Gasteiger partial charge in [0.2, 0.25) is 0 Å². The Balaban J connectivity index is 1.83. The molecular formula is C20H20FN3O4. The van der Waals surface area contributed by atoms with Gasteiger partial charge in [0.25, 0.3) is 5.91 Å². The van der Waals surface area contributed by atoms with Crippen molar-refractivity contribution in [1.29, 1.82) is 0 Å². The van der Waals surface area contributed by atoms with E-state index in [-0.39, 0.29) is 18.1 Å². The lowest BCUT2D eigenvalue weighted by molar-refractivity contribution is -0.137. The van der Waals surface area contributed by atoms with Gasteiger partial charge in [0.1, 0.15) is 12.4 Å². The minimum atomic E-state index is -1.18. The molecular weight excluding hydrogens is 365 g/mol. The molecule has 0 aliphatic carbocycles. The SMILES string of the molecule is O=C(O)CN(CCc1ccccc1)C(=O)c1cc(N2CCNC2=O)ccc1F. The van der Waals surface area contributed by atoms with Crippen molar-refractivity contribution in [2.75, 3.05) is 31.1 Å². The number of carbonyl (C=O) groups is 3. The third-order valence-corrected chi connectivity index (χ3v) is 4.48. The van der Waals surface area contributed by atoms with E-state index in [9.17, 15) is 18.8 Å². The standard InChI is InChI=1S/C20H20FN3O4/c21-17-7-6-15(24-11-9-22-20(24)28)12-16(17)19(27)23(13-18(25)26)10-8-14-4-2-1-3-5-14/h1-7,12H,8-11,13H2,(H,22,28)(H,25,26). The first kappa shape index (κ1) is 19.3. The predicted molar refractivity (Wildman–Crippen MR) is 101 cm³/mol. The molecule has 0 atom stereocenters. The summed E-state index contributed by atoms with van der Waals surface area (Å²) in [4.78, 5) is 38.4. The molecule has 1 fully saturated rings. The molecule has 2 aromatic carbocycles. The van der Waals surface area contributed by atoms with Gasteiger partial charge in [-0.15, -0.1) is 0 Å². The fourth-order valence-electron chi connectivity index (χ4n) is 3.06. The Morgan fingerprint density at radius 1 is 1.18 bits per heavy atom. The number of carbonyl (C=O) groups excluding carboxylic acids is 2. The van der Waals surface area contributed by atoms with Gasteiger partial charge in [0, 0.05) is 25.3 Å². The summed E-state index contributed by atoms with van der Waals surface area (Å²) in [6.45, 7) is 0.454. The first-order chi connectivity index (χ1) is 13.5. The second-order valence-electron chi connectivity index (χ2n) is 6.40. The van der Waals surface area contributed by atoms with Crippen LogP contribution in [0.25, 0.3) is 0 Å². The van der Waals surface area contributed by atoms with Crippen LogP contribution < -0.4 is 10.2 Å². The highest BCUT2D eigenvalue weighted by molar-refractivity contribution is 5.99. The van der Waals surface area contributed by atoms with Crippen LogP contribution in [-0.4, -0.2) is 54.1 Å². The fraction of sp³-hybridized carbons (Fsp3) is 0.250. The molecule has 0 unspecified atom stereocenters. The van der Waals surface area contributed by atoms with E-state index in [1.807, 2.05) is 30.3 Å². The predicted octanol–water partition coefficient (Wildman–Crippen LogP) is 2.12.